The first-order chi connectivity index (χ1) is 11.7. The van der Waals surface area contributed by atoms with E-state index in [1.807, 2.05) is 0 Å². The molecule has 0 unspecified atom stereocenters. The van der Waals surface area contributed by atoms with Gasteiger partial charge in [-0.05, 0) is 43.3 Å². The van der Waals surface area contributed by atoms with Gasteiger partial charge in [-0.25, -0.2) is 26.5 Å². The summed E-state index contributed by atoms with van der Waals surface area (Å²) >= 11 is 0. The Hall–Kier alpha value is -2.01. The minimum Gasteiger partial charge on any atom is -0.383 e. The van der Waals surface area contributed by atoms with E-state index in [9.17, 15) is 16.8 Å². The Kier molecular flexibility index (Phi) is 6.11. The van der Waals surface area contributed by atoms with Crippen LogP contribution < -0.4 is 9.44 Å². The number of hydrogen-bond acceptors (Lipinski definition) is 6. The number of aromatic nitrogens is 1. The summed E-state index contributed by atoms with van der Waals surface area (Å²) in [6, 6.07) is 9.31. The van der Waals surface area contributed by atoms with Crippen molar-refractivity contribution in [1.82, 2.24) is 9.71 Å². The number of sulfonamides is 2. The molecule has 0 saturated carbocycles. The molecule has 0 fully saturated rings. The summed E-state index contributed by atoms with van der Waals surface area (Å²) in [6.07, 6.45) is 1.46. The number of rotatable bonds is 8. The average molecular weight is 385 g/mol. The van der Waals surface area contributed by atoms with Crippen LogP contribution in [0.1, 0.15) is 6.92 Å². The van der Waals surface area contributed by atoms with Gasteiger partial charge in [-0.15, -0.1) is 0 Å². The third kappa shape index (κ3) is 5.23. The fourth-order valence-electron chi connectivity index (χ4n) is 2.03. The van der Waals surface area contributed by atoms with Gasteiger partial charge >= 0.3 is 0 Å². The molecule has 1 heterocycles. The fraction of sp³-hybridized carbons (Fsp3) is 0.267. The smallest absolute Gasteiger partial charge is 0.263 e. The van der Waals surface area contributed by atoms with E-state index < -0.39 is 26.1 Å². The van der Waals surface area contributed by atoms with Crippen LogP contribution in [-0.2, 0) is 24.8 Å². The van der Waals surface area contributed by atoms with Crippen LogP contribution in [0.4, 0.5) is 5.82 Å². The van der Waals surface area contributed by atoms with E-state index in [2.05, 4.69) is 14.4 Å². The molecule has 0 radical (unpaired) electrons. The van der Waals surface area contributed by atoms with Crippen molar-refractivity contribution in [3.63, 3.8) is 0 Å². The molecule has 1 atom stereocenters. The lowest BCUT2D eigenvalue weighted by Crippen LogP contribution is -2.35. The SMILES string of the molecule is COC[C@@H](C)NS(=O)(=O)c1ccc(S(=O)(=O)Nc2ccccn2)cc1. The van der Waals surface area contributed by atoms with Gasteiger partial charge in [0, 0.05) is 19.3 Å². The molecular weight excluding hydrogens is 366 g/mol. The minimum atomic E-state index is -3.85. The molecule has 1 aromatic carbocycles. The number of nitrogens with zero attached hydrogens (tertiary/aromatic N) is 1. The highest BCUT2D eigenvalue weighted by Crippen LogP contribution is 2.17. The third-order valence-corrected chi connectivity index (χ3v) is 6.10. The molecule has 0 aliphatic rings. The summed E-state index contributed by atoms with van der Waals surface area (Å²) in [5, 5.41) is 0. The standard InChI is InChI=1S/C15H19N3O5S2/c1-12(11-23-2)17-24(19,20)13-6-8-14(9-7-13)25(21,22)18-15-5-3-4-10-16-15/h3-10,12,17H,11H2,1-2H3,(H,16,18)/t12-/m1/s1. The van der Waals surface area contributed by atoms with Crippen LogP contribution in [0.15, 0.2) is 58.5 Å². The van der Waals surface area contributed by atoms with Gasteiger partial charge in [0.2, 0.25) is 10.0 Å². The first-order valence-corrected chi connectivity index (χ1v) is 10.3. The van der Waals surface area contributed by atoms with Crippen LogP contribution in [0.25, 0.3) is 0 Å². The second-order valence-corrected chi connectivity index (χ2v) is 8.67. The van der Waals surface area contributed by atoms with Gasteiger partial charge in [0.15, 0.2) is 0 Å². The predicted octanol–water partition coefficient (Wildman–Crippen LogP) is 1.20. The van der Waals surface area contributed by atoms with Crippen molar-refractivity contribution in [3.05, 3.63) is 48.7 Å². The van der Waals surface area contributed by atoms with Gasteiger partial charge in [0.25, 0.3) is 10.0 Å². The second-order valence-electron chi connectivity index (χ2n) is 5.27. The predicted molar refractivity (Wildman–Crippen MR) is 93.1 cm³/mol. The van der Waals surface area contributed by atoms with Gasteiger partial charge < -0.3 is 4.74 Å². The number of ether oxygens (including phenoxy) is 1. The highest BCUT2D eigenvalue weighted by Gasteiger charge is 2.20. The van der Waals surface area contributed by atoms with Crippen LogP contribution in [0.3, 0.4) is 0 Å². The molecule has 136 valence electrons. The lowest BCUT2D eigenvalue weighted by Gasteiger charge is -2.13. The Morgan fingerprint density at radius 1 is 1.00 bits per heavy atom. The van der Waals surface area contributed by atoms with Crippen molar-refractivity contribution in [2.45, 2.75) is 22.8 Å². The molecular formula is C15H19N3O5S2. The zero-order chi connectivity index (χ0) is 18.5. The van der Waals surface area contributed by atoms with Gasteiger partial charge in [-0.2, -0.15) is 0 Å². The number of nitrogens with one attached hydrogen (secondary N) is 2. The number of methoxy groups -OCH3 is 1. The Morgan fingerprint density at radius 3 is 2.12 bits per heavy atom. The molecule has 10 heteroatoms. The third-order valence-electron chi connectivity index (χ3n) is 3.12. The van der Waals surface area contributed by atoms with Crippen LogP contribution >= 0.6 is 0 Å². The molecule has 2 rings (SSSR count). The van der Waals surface area contributed by atoms with Crippen LogP contribution in [0.2, 0.25) is 0 Å². The summed E-state index contributed by atoms with van der Waals surface area (Å²) in [6.45, 7) is 1.89. The Bertz CT molecular complexity index is 898. The molecule has 0 saturated heterocycles. The van der Waals surface area contributed by atoms with Gasteiger partial charge in [0.1, 0.15) is 5.82 Å². The van der Waals surface area contributed by atoms with E-state index in [-0.39, 0.29) is 22.2 Å². The van der Waals surface area contributed by atoms with Crippen molar-refractivity contribution in [2.75, 3.05) is 18.4 Å². The molecule has 0 amide bonds. The molecule has 0 aliphatic heterocycles. The van der Waals surface area contributed by atoms with E-state index in [4.69, 9.17) is 4.74 Å². The first kappa shape index (κ1) is 19.3. The zero-order valence-corrected chi connectivity index (χ0v) is 15.3. The highest BCUT2D eigenvalue weighted by molar-refractivity contribution is 7.92. The number of pyridine rings is 1. The molecule has 1 aromatic heterocycles. The van der Waals surface area contributed by atoms with E-state index in [0.29, 0.717) is 0 Å². The first-order valence-electron chi connectivity index (χ1n) is 7.30. The highest BCUT2D eigenvalue weighted by atomic mass is 32.2. The van der Waals surface area contributed by atoms with Crippen molar-refractivity contribution in [2.24, 2.45) is 0 Å². The maximum Gasteiger partial charge on any atom is 0.263 e. The van der Waals surface area contributed by atoms with Crippen molar-refractivity contribution < 1.29 is 21.6 Å². The molecule has 25 heavy (non-hydrogen) atoms. The minimum absolute atomic E-state index is 0.0350. The maximum absolute atomic E-state index is 12.3. The molecule has 0 bridgehead atoms. The summed E-state index contributed by atoms with van der Waals surface area (Å²) < 4.78 is 58.7. The normalized spacial score (nSPS) is 13.4. The summed E-state index contributed by atoms with van der Waals surface area (Å²) in [5.41, 5.74) is 0. The van der Waals surface area contributed by atoms with E-state index in [1.54, 1.807) is 19.1 Å². The molecule has 8 nitrogen and oxygen atoms in total. The Labute approximate surface area is 147 Å². The van der Waals surface area contributed by atoms with Crippen LogP contribution in [0, 0.1) is 0 Å². The van der Waals surface area contributed by atoms with E-state index in [1.165, 1.54) is 43.6 Å². The molecule has 0 aliphatic carbocycles. The summed E-state index contributed by atoms with van der Waals surface area (Å²) in [5.74, 6) is 0.175. The molecule has 0 spiro atoms. The fourth-order valence-corrected chi connectivity index (χ4v) is 4.27. The number of hydrogen-bond donors (Lipinski definition) is 2. The lowest BCUT2D eigenvalue weighted by molar-refractivity contribution is 0.180. The molecule has 2 aromatic rings. The van der Waals surface area contributed by atoms with E-state index >= 15 is 0 Å². The lowest BCUT2D eigenvalue weighted by atomic mass is 10.4. The van der Waals surface area contributed by atoms with Crippen molar-refractivity contribution in [1.29, 1.82) is 0 Å². The van der Waals surface area contributed by atoms with E-state index in [0.717, 1.165) is 0 Å². The number of benzene rings is 1. The molecule has 2 N–H and O–H groups in total. The zero-order valence-electron chi connectivity index (χ0n) is 13.7. The largest absolute Gasteiger partial charge is 0.383 e. The quantitative estimate of drug-likeness (QED) is 0.706. The summed E-state index contributed by atoms with van der Waals surface area (Å²) in [7, 11) is -6.14. The maximum atomic E-state index is 12.3. The van der Waals surface area contributed by atoms with Crippen molar-refractivity contribution in [3.8, 4) is 0 Å². The van der Waals surface area contributed by atoms with Gasteiger partial charge in [0.05, 0.1) is 16.4 Å². The Balaban J connectivity index is 2.19. The van der Waals surface area contributed by atoms with Crippen LogP contribution in [0.5, 0.6) is 0 Å². The van der Waals surface area contributed by atoms with Crippen LogP contribution in [-0.4, -0.2) is 41.6 Å². The second kappa shape index (κ2) is 7.91. The summed E-state index contributed by atoms with van der Waals surface area (Å²) in [4.78, 5) is 3.79. The number of anilines is 1. The monoisotopic (exact) mass is 385 g/mol. The van der Waals surface area contributed by atoms with Gasteiger partial charge in [-0.3, -0.25) is 4.72 Å². The average Bonchev–Trinajstić information content (AvgIpc) is 2.55. The van der Waals surface area contributed by atoms with Crippen molar-refractivity contribution >= 4 is 25.9 Å². The van der Waals surface area contributed by atoms with Gasteiger partial charge in [-0.1, -0.05) is 6.07 Å². The topological polar surface area (TPSA) is 114 Å². The Morgan fingerprint density at radius 2 is 1.60 bits per heavy atom.